The van der Waals surface area contributed by atoms with Crippen LogP contribution >= 0.6 is 23.5 Å². The third-order valence-electron chi connectivity index (χ3n) is 5.94. The first-order chi connectivity index (χ1) is 9.19. The summed E-state index contributed by atoms with van der Waals surface area (Å²) in [6, 6.07) is 0. The van der Waals surface area contributed by atoms with Crippen molar-refractivity contribution in [3.63, 3.8) is 0 Å². The number of hydrogen-bond acceptors (Lipinski definition) is 2. The van der Waals surface area contributed by atoms with Gasteiger partial charge in [-0.05, 0) is 43.8 Å². The van der Waals surface area contributed by atoms with Gasteiger partial charge in [-0.15, -0.1) is 11.8 Å². The molecule has 0 amide bonds. The zero-order valence-electron chi connectivity index (χ0n) is 12.5. The van der Waals surface area contributed by atoms with Gasteiger partial charge < -0.3 is 0 Å². The van der Waals surface area contributed by atoms with Crippen molar-refractivity contribution < 1.29 is 0 Å². The molecule has 0 nitrogen and oxygen atoms in total. The molecule has 0 spiro atoms. The lowest BCUT2D eigenvalue weighted by Crippen LogP contribution is -2.42. The largest absolute Gasteiger partial charge is 0.157 e. The van der Waals surface area contributed by atoms with Gasteiger partial charge in [0.15, 0.2) is 0 Å². The quantitative estimate of drug-likeness (QED) is 0.628. The van der Waals surface area contributed by atoms with Crippen LogP contribution in [0, 0.1) is 11.8 Å². The van der Waals surface area contributed by atoms with E-state index in [4.69, 9.17) is 0 Å². The molecule has 0 aromatic rings. The third-order valence-corrected chi connectivity index (χ3v) is 9.44. The Kier molecular flexibility index (Phi) is 4.29. The van der Waals surface area contributed by atoms with Crippen molar-refractivity contribution in [1.82, 2.24) is 0 Å². The van der Waals surface area contributed by atoms with E-state index >= 15 is 0 Å². The van der Waals surface area contributed by atoms with Crippen molar-refractivity contribution >= 4 is 23.5 Å². The summed E-state index contributed by atoms with van der Waals surface area (Å²) in [6.45, 7) is 7.00. The van der Waals surface area contributed by atoms with Crippen molar-refractivity contribution in [3.05, 3.63) is 12.2 Å². The van der Waals surface area contributed by atoms with Crippen LogP contribution in [0.1, 0.15) is 58.3 Å². The Bertz CT molecular complexity index is 345. The Hall–Kier alpha value is 0.440. The first-order valence-electron chi connectivity index (χ1n) is 8.08. The molecule has 0 aromatic heterocycles. The Morgan fingerprint density at radius 1 is 1.11 bits per heavy atom. The highest BCUT2D eigenvalue weighted by Gasteiger charge is 2.56. The van der Waals surface area contributed by atoms with Gasteiger partial charge in [0.2, 0.25) is 0 Å². The fraction of sp³-hybridized carbons (Fsp3) is 0.882. The number of rotatable bonds is 3. The van der Waals surface area contributed by atoms with E-state index in [0.29, 0.717) is 4.75 Å². The zero-order valence-corrected chi connectivity index (χ0v) is 14.1. The van der Waals surface area contributed by atoms with Crippen LogP contribution in [0.5, 0.6) is 0 Å². The van der Waals surface area contributed by atoms with E-state index in [1.807, 2.05) is 0 Å². The van der Waals surface area contributed by atoms with Gasteiger partial charge in [-0.2, -0.15) is 11.8 Å². The van der Waals surface area contributed by atoms with Gasteiger partial charge in [0, 0.05) is 15.2 Å². The first kappa shape index (κ1) is 14.4. The molecule has 0 saturated heterocycles. The second kappa shape index (κ2) is 5.67. The summed E-state index contributed by atoms with van der Waals surface area (Å²) in [5.41, 5.74) is 1.58. The van der Waals surface area contributed by atoms with E-state index in [9.17, 15) is 0 Å². The average molecular weight is 297 g/mol. The van der Waals surface area contributed by atoms with Gasteiger partial charge in [0.05, 0.1) is 0 Å². The number of hydrogen-bond donors (Lipinski definition) is 0. The van der Waals surface area contributed by atoms with Crippen molar-refractivity contribution in [1.29, 1.82) is 0 Å². The summed E-state index contributed by atoms with van der Waals surface area (Å²) in [6.07, 6.45) is 14.0. The zero-order chi connectivity index (χ0) is 13.5. The monoisotopic (exact) mass is 296 g/mol. The summed E-state index contributed by atoms with van der Waals surface area (Å²) in [4.78, 5) is 0. The number of thioether (sulfide) groups is 2. The molecule has 2 heteroatoms. The lowest BCUT2D eigenvalue weighted by atomic mass is 9.77. The van der Waals surface area contributed by atoms with E-state index in [-0.39, 0.29) is 0 Å². The molecule has 0 heterocycles. The predicted octanol–water partition coefficient (Wildman–Crippen LogP) is 5.53. The van der Waals surface area contributed by atoms with Crippen LogP contribution in [-0.4, -0.2) is 21.5 Å². The van der Waals surface area contributed by atoms with Gasteiger partial charge in [0.25, 0.3) is 0 Å². The molecular formula is C17H28S2. The molecule has 3 rings (SSSR count). The maximum atomic E-state index is 4.54. The van der Waals surface area contributed by atoms with E-state index in [2.05, 4.69) is 43.3 Å². The maximum absolute atomic E-state index is 4.54. The molecule has 0 radical (unpaired) electrons. The van der Waals surface area contributed by atoms with Gasteiger partial charge in [-0.1, -0.05) is 44.8 Å². The average Bonchev–Trinajstić information content (AvgIpc) is 3.02. The van der Waals surface area contributed by atoms with Crippen molar-refractivity contribution in [2.45, 2.75) is 73.5 Å². The van der Waals surface area contributed by atoms with Crippen LogP contribution in [0.2, 0.25) is 0 Å². The summed E-state index contributed by atoms with van der Waals surface area (Å²) >= 11 is 4.50. The molecule has 0 unspecified atom stereocenters. The summed E-state index contributed by atoms with van der Waals surface area (Å²) < 4.78 is 0.530. The summed E-state index contributed by atoms with van der Waals surface area (Å²) in [5.74, 6) is 1.66. The molecule has 0 aromatic carbocycles. The highest BCUT2D eigenvalue weighted by molar-refractivity contribution is 8.04. The van der Waals surface area contributed by atoms with Gasteiger partial charge in [-0.3, -0.25) is 0 Å². The van der Waals surface area contributed by atoms with Crippen LogP contribution in [0.15, 0.2) is 12.2 Å². The fourth-order valence-corrected chi connectivity index (χ4v) is 8.48. The van der Waals surface area contributed by atoms with Crippen LogP contribution in [0.3, 0.4) is 0 Å². The molecule has 0 bridgehead atoms. The van der Waals surface area contributed by atoms with Gasteiger partial charge >= 0.3 is 0 Å². The normalized spacial score (nSPS) is 43.7. The highest BCUT2D eigenvalue weighted by Crippen LogP contribution is 2.61. The van der Waals surface area contributed by atoms with Crippen LogP contribution in [-0.2, 0) is 0 Å². The topological polar surface area (TPSA) is 0 Å². The van der Waals surface area contributed by atoms with E-state index in [1.165, 1.54) is 51.4 Å². The fourth-order valence-electron chi connectivity index (χ4n) is 4.78. The van der Waals surface area contributed by atoms with Crippen LogP contribution in [0.25, 0.3) is 0 Å². The van der Waals surface area contributed by atoms with Crippen LogP contribution in [0.4, 0.5) is 0 Å². The molecule has 3 aliphatic rings. The molecule has 0 aliphatic heterocycles. The SMILES string of the molecule is C=C1[C@@H](C)[C@@H]2CCCC[C@]2(SC)[C@@H]1SC1CCCC1. The lowest BCUT2D eigenvalue weighted by Gasteiger charge is -2.43. The minimum atomic E-state index is 0.530. The minimum absolute atomic E-state index is 0.530. The Labute approximate surface area is 127 Å². The smallest absolute Gasteiger partial charge is 0.0409 e. The van der Waals surface area contributed by atoms with Crippen molar-refractivity contribution in [3.8, 4) is 0 Å². The standard InChI is InChI=1S/C17H28S2/c1-12-13(2)16(19-14-8-4-5-9-14)17(18-3)11-7-6-10-15(12)17/h12,14-16H,2,4-11H2,1,3H3/t12-,15+,16-,17-/m1/s1. The molecule has 3 saturated carbocycles. The molecule has 3 aliphatic carbocycles. The first-order valence-corrected chi connectivity index (χ1v) is 10.2. The predicted molar refractivity (Wildman–Crippen MR) is 90.1 cm³/mol. The number of fused-ring (bicyclic) bond motifs is 1. The third kappa shape index (κ3) is 2.31. The molecule has 3 fully saturated rings. The molecule has 4 atom stereocenters. The maximum Gasteiger partial charge on any atom is 0.0409 e. The molecule has 108 valence electrons. The summed E-state index contributed by atoms with van der Waals surface area (Å²) in [7, 11) is 0. The van der Waals surface area contributed by atoms with Gasteiger partial charge in [0.1, 0.15) is 0 Å². The van der Waals surface area contributed by atoms with E-state index < -0.39 is 0 Å². The summed E-state index contributed by atoms with van der Waals surface area (Å²) in [5, 5.41) is 1.67. The van der Waals surface area contributed by atoms with Gasteiger partial charge in [-0.25, -0.2) is 0 Å². The van der Waals surface area contributed by atoms with Crippen LogP contribution < -0.4 is 0 Å². The Balaban J connectivity index is 1.84. The van der Waals surface area contributed by atoms with Crippen molar-refractivity contribution in [2.75, 3.05) is 6.26 Å². The molecule has 19 heavy (non-hydrogen) atoms. The minimum Gasteiger partial charge on any atom is -0.157 e. The highest BCUT2D eigenvalue weighted by atomic mass is 32.2. The lowest BCUT2D eigenvalue weighted by molar-refractivity contribution is 0.274. The van der Waals surface area contributed by atoms with E-state index in [0.717, 1.165) is 22.3 Å². The Morgan fingerprint density at radius 3 is 2.47 bits per heavy atom. The van der Waals surface area contributed by atoms with E-state index in [1.54, 1.807) is 5.57 Å². The van der Waals surface area contributed by atoms with Crippen molar-refractivity contribution in [2.24, 2.45) is 11.8 Å². The molecule has 0 N–H and O–H groups in total. The molecular weight excluding hydrogens is 268 g/mol. The Morgan fingerprint density at radius 2 is 1.79 bits per heavy atom. The second-order valence-corrected chi connectivity index (χ2v) is 9.38. The second-order valence-electron chi connectivity index (χ2n) is 6.80.